The highest BCUT2D eigenvalue weighted by Gasteiger charge is 2.35. The van der Waals surface area contributed by atoms with Gasteiger partial charge >= 0.3 is 0 Å². The fourth-order valence-electron chi connectivity index (χ4n) is 3.77. The zero-order chi connectivity index (χ0) is 22.7. The number of hydrogen-bond donors (Lipinski definition) is 0. The molecule has 1 amide bonds. The van der Waals surface area contributed by atoms with Crippen LogP contribution in [0, 0.1) is 5.92 Å². The van der Waals surface area contributed by atoms with Gasteiger partial charge in [0.25, 0.3) is 5.91 Å². The van der Waals surface area contributed by atoms with E-state index in [1.807, 2.05) is 29.2 Å². The van der Waals surface area contributed by atoms with Crippen molar-refractivity contribution in [2.75, 3.05) is 7.11 Å². The minimum Gasteiger partial charge on any atom is -0.497 e. The lowest BCUT2D eigenvalue weighted by molar-refractivity contribution is 0.0620. The lowest BCUT2D eigenvalue weighted by Gasteiger charge is -2.29. The van der Waals surface area contributed by atoms with Gasteiger partial charge in [0.1, 0.15) is 17.3 Å². The van der Waals surface area contributed by atoms with Crippen LogP contribution in [-0.4, -0.2) is 32.4 Å². The Kier molecular flexibility index (Phi) is 6.37. The van der Waals surface area contributed by atoms with Crippen LogP contribution in [0.4, 0.5) is 0 Å². The molecule has 32 heavy (non-hydrogen) atoms. The second kappa shape index (κ2) is 9.20. The van der Waals surface area contributed by atoms with Gasteiger partial charge in [-0.2, -0.15) is 0 Å². The van der Waals surface area contributed by atoms with Crippen LogP contribution < -0.4 is 4.74 Å². The topological polar surface area (TPSA) is 76.8 Å². The van der Waals surface area contributed by atoms with Gasteiger partial charge in [0.2, 0.25) is 0 Å². The van der Waals surface area contributed by atoms with Crippen LogP contribution in [0.2, 0.25) is 0 Å². The Balaban J connectivity index is 1.53. The van der Waals surface area contributed by atoms with Gasteiger partial charge in [0, 0.05) is 12.6 Å². The number of rotatable bonds is 9. The molecule has 1 aliphatic carbocycles. The molecule has 1 aromatic heterocycles. The van der Waals surface area contributed by atoms with E-state index in [-0.39, 0.29) is 34.1 Å². The van der Waals surface area contributed by atoms with E-state index in [1.54, 1.807) is 49.6 Å². The van der Waals surface area contributed by atoms with Crippen molar-refractivity contribution >= 4 is 15.7 Å². The van der Waals surface area contributed by atoms with Crippen molar-refractivity contribution in [2.45, 2.75) is 43.0 Å². The van der Waals surface area contributed by atoms with Gasteiger partial charge in [-0.15, -0.1) is 0 Å². The normalized spacial score (nSPS) is 14.7. The van der Waals surface area contributed by atoms with E-state index in [0.717, 1.165) is 24.2 Å². The molecule has 0 spiro atoms. The Morgan fingerprint density at radius 2 is 1.75 bits per heavy atom. The monoisotopic (exact) mass is 453 g/mol. The van der Waals surface area contributed by atoms with Crippen LogP contribution in [0.3, 0.4) is 0 Å². The number of hydrogen-bond acceptors (Lipinski definition) is 5. The van der Waals surface area contributed by atoms with Crippen LogP contribution in [-0.2, 0) is 22.1 Å². The Bertz CT molecular complexity index is 1160. The fourth-order valence-corrected chi connectivity index (χ4v) is 5.04. The molecule has 7 heteroatoms. The highest BCUT2D eigenvalue weighted by atomic mass is 32.2. The van der Waals surface area contributed by atoms with Crippen LogP contribution in [0.15, 0.2) is 76.0 Å². The number of methoxy groups -OCH3 is 1. The second-order valence-electron chi connectivity index (χ2n) is 8.20. The van der Waals surface area contributed by atoms with Gasteiger partial charge in [-0.25, -0.2) is 8.42 Å². The van der Waals surface area contributed by atoms with Gasteiger partial charge in [-0.05, 0) is 67.6 Å². The number of carbonyl (C=O) groups excluding carboxylic acids is 1. The zero-order valence-corrected chi connectivity index (χ0v) is 19.0. The predicted octanol–water partition coefficient (Wildman–Crippen LogP) is 4.70. The smallest absolute Gasteiger partial charge is 0.290 e. The van der Waals surface area contributed by atoms with Crippen molar-refractivity contribution in [3.63, 3.8) is 0 Å². The molecular weight excluding hydrogens is 426 g/mol. The Morgan fingerprint density at radius 3 is 2.38 bits per heavy atom. The Hall–Kier alpha value is -3.06. The van der Waals surface area contributed by atoms with Crippen molar-refractivity contribution in [1.82, 2.24) is 4.90 Å². The van der Waals surface area contributed by atoms with Gasteiger partial charge in [0.15, 0.2) is 15.6 Å². The number of amides is 1. The van der Waals surface area contributed by atoms with E-state index in [1.165, 1.54) is 0 Å². The number of nitrogens with zero attached hydrogens (tertiary/aromatic N) is 1. The molecule has 1 unspecified atom stereocenters. The summed E-state index contributed by atoms with van der Waals surface area (Å²) in [5, 5.41) is 0. The van der Waals surface area contributed by atoms with E-state index in [9.17, 15) is 13.2 Å². The average Bonchev–Trinajstić information content (AvgIpc) is 3.56. The molecule has 1 aliphatic rings. The van der Waals surface area contributed by atoms with Gasteiger partial charge in [-0.1, -0.05) is 30.3 Å². The van der Waals surface area contributed by atoms with Crippen molar-refractivity contribution in [2.24, 2.45) is 5.92 Å². The maximum atomic E-state index is 13.4. The number of benzene rings is 2. The summed E-state index contributed by atoms with van der Waals surface area (Å²) in [5.74, 6) is 1.12. The quantitative estimate of drug-likeness (QED) is 0.469. The summed E-state index contributed by atoms with van der Waals surface area (Å²) in [6.07, 6.45) is 2.21. The molecule has 0 radical (unpaired) electrons. The Morgan fingerprint density at radius 1 is 1.06 bits per heavy atom. The van der Waals surface area contributed by atoms with E-state index in [0.29, 0.717) is 12.5 Å². The lowest BCUT2D eigenvalue weighted by atomic mass is 10.1. The molecular formula is C25H27NO5S. The maximum absolute atomic E-state index is 13.4. The molecule has 0 N–H and O–H groups in total. The predicted molar refractivity (Wildman–Crippen MR) is 121 cm³/mol. The molecule has 168 valence electrons. The molecule has 4 rings (SSSR count). The molecule has 2 aromatic carbocycles. The molecule has 6 nitrogen and oxygen atoms in total. The molecule has 1 heterocycles. The third kappa shape index (κ3) is 5.05. The van der Waals surface area contributed by atoms with Gasteiger partial charge in [0.05, 0.1) is 12.0 Å². The van der Waals surface area contributed by atoms with Crippen LogP contribution >= 0.6 is 0 Å². The summed E-state index contributed by atoms with van der Waals surface area (Å²) >= 11 is 0. The standard InChI is InChI=1S/C25H27NO5S/c1-18(20-10-11-20)26(16-19-8-12-21(30-2)13-9-19)25(27)24-15-14-22(31-24)17-32(28,29)23-6-4-3-5-7-23/h3-9,12-15,18,20H,10-11,16-17H2,1-2H3. The number of sulfone groups is 1. The number of carbonyl (C=O) groups is 1. The summed E-state index contributed by atoms with van der Waals surface area (Å²) in [6.45, 7) is 2.50. The van der Waals surface area contributed by atoms with Crippen LogP contribution in [0.5, 0.6) is 5.75 Å². The second-order valence-corrected chi connectivity index (χ2v) is 10.2. The first kappa shape index (κ1) is 22.1. The first-order valence-electron chi connectivity index (χ1n) is 10.7. The summed E-state index contributed by atoms with van der Waals surface area (Å²) in [6, 6.07) is 19.1. The minimum absolute atomic E-state index is 0.0613. The molecule has 0 aliphatic heterocycles. The summed E-state index contributed by atoms with van der Waals surface area (Å²) in [5.41, 5.74) is 0.991. The molecule has 1 fully saturated rings. The van der Waals surface area contributed by atoms with Crippen LogP contribution in [0.25, 0.3) is 0 Å². The fraction of sp³-hybridized carbons (Fsp3) is 0.320. The average molecular weight is 454 g/mol. The van der Waals surface area contributed by atoms with Gasteiger partial charge < -0.3 is 14.1 Å². The maximum Gasteiger partial charge on any atom is 0.290 e. The first-order valence-corrected chi connectivity index (χ1v) is 12.3. The highest BCUT2D eigenvalue weighted by molar-refractivity contribution is 7.90. The van der Waals surface area contributed by atoms with E-state index >= 15 is 0 Å². The Labute approximate surface area is 188 Å². The third-order valence-corrected chi connectivity index (χ3v) is 7.53. The molecule has 0 bridgehead atoms. The number of furan rings is 1. The summed E-state index contributed by atoms with van der Waals surface area (Å²) < 4.78 is 36.2. The zero-order valence-electron chi connectivity index (χ0n) is 18.2. The largest absolute Gasteiger partial charge is 0.497 e. The van der Waals surface area contributed by atoms with E-state index < -0.39 is 9.84 Å². The van der Waals surface area contributed by atoms with E-state index in [2.05, 4.69) is 6.92 Å². The number of ether oxygens (including phenoxy) is 1. The van der Waals surface area contributed by atoms with Crippen molar-refractivity contribution in [3.05, 3.63) is 83.8 Å². The summed E-state index contributed by atoms with van der Waals surface area (Å²) in [4.78, 5) is 15.4. The van der Waals surface area contributed by atoms with Gasteiger partial charge in [-0.3, -0.25) is 4.79 Å². The van der Waals surface area contributed by atoms with Crippen molar-refractivity contribution < 1.29 is 22.4 Å². The third-order valence-electron chi connectivity index (χ3n) is 5.88. The molecule has 3 aromatic rings. The first-order chi connectivity index (χ1) is 15.4. The SMILES string of the molecule is COc1ccc(CN(C(=O)c2ccc(CS(=O)(=O)c3ccccc3)o2)C(C)C2CC2)cc1. The van der Waals surface area contributed by atoms with E-state index in [4.69, 9.17) is 9.15 Å². The minimum atomic E-state index is -3.55. The van der Waals surface area contributed by atoms with Crippen molar-refractivity contribution in [1.29, 1.82) is 0 Å². The van der Waals surface area contributed by atoms with Crippen molar-refractivity contribution in [3.8, 4) is 5.75 Å². The summed E-state index contributed by atoms with van der Waals surface area (Å²) in [7, 11) is -1.93. The molecule has 0 saturated heterocycles. The molecule has 1 atom stereocenters. The van der Waals surface area contributed by atoms with Crippen LogP contribution in [0.1, 0.15) is 41.6 Å². The highest BCUT2D eigenvalue weighted by Crippen LogP contribution is 2.36. The lowest BCUT2D eigenvalue weighted by Crippen LogP contribution is -2.39. The molecule has 1 saturated carbocycles.